The first-order valence-corrected chi connectivity index (χ1v) is 5.23. The summed E-state index contributed by atoms with van der Waals surface area (Å²) in [5.74, 6) is 0. The molecule has 0 saturated heterocycles. The van der Waals surface area contributed by atoms with E-state index < -0.39 is 0 Å². The summed E-state index contributed by atoms with van der Waals surface area (Å²) in [6.45, 7) is 0. The van der Waals surface area contributed by atoms with Gasteiger partial charge in [-0.3, -0.25) is 0 Å². The van der Waals surface area contributed by atoms with Gasteiger partial charge in [0.2, 0.25) is 0 Å². The molecule has 2 heteroatoms. The lowest BCUT2D eigenvalue weighted by Gasteiger charge is -1.96. The second kappa shape index (κ2) is 3.24. The van der Waals surface area contributed by atoms with Gasteiger partial charge in [-0.15, -0.1) is 12.6 Å². The Morgan fingerprint density at radius 1 is 0.733 bits per heavy atom. The third-order valence-corrected chi connectivity index (χ3v) is 2.99. The molecule has 1 nitrogen and oxygen atoms in total. The van der Waals surface area contributed by atoms with Gasteiger partial charge in [-0.25, -0.2) is 4.42 Å². The van der Waals surface area contributed by atoms with Crippen LogP contribution in [0.25, 0.3) is 21.9 Å². The third-order valence-electron chi connectivity index (χ3n) is 2.50. The van der Waals surface area contributed by atoms with Crippen molar-refractivity contribution in [3.63, 3.8) is 0 Å². The molecule has 0 unspecified atom stereocenters. The van der Waals surface area contributed by atoms with Crippen LogP contribution in [0.15, 0.2) is 57.8 Å². The Balaban J connectivity index is 2.60. The molecule has 3 rings (SSSR count). The van der Waals surface area contributed by atoms with Crippen LogP contribution in [0.4, 0.5) is 0 Å². The zero-order chi connectivity index (χ0) is 10.3. The summed E-state index contributed by atoms with van der Waals surface area (Å²) in [5.41, 5.74) is 1.75. The van der Waals surface area contributed by atoms with E-state index in [9.17, 15) is 0 Å². The fourth-order valence-electron chi connectivity index (χ4n) is 1.77. The molecule has 0 bridgehead atoms. The van der Waals surface area contributed by atoms with E-state index in [0.717, 1.165) is 26.8 Å². The summed E-state index contributed by atoms with van der Waals surface area (Å²) in [6.07, 6.45) is 0. The molecular weight excluding hydrogens is 204 g/mol. The van der Waals surface area contributed by atoms with Gasteiger partial charge in [0, 0.05) is 17.0 Å². The first-order chi connectivity index (χ1) is 7.36. The third kappa shape index (κ3) is 1.29. The molecule has 0 N–H and O–H groups in total. The van der Waals surface area contributed by atoms with Crippen LogP contribution in [0.1, 0.15) is 0 Å². The Labute approximate surface area is 92.8 Å². The normalized spacial score (nSPS) is 11.0. The Hall–Kier alpha value is -1.54. The highest BCUT2D eigenvalue weighted by atomic mass is 32.1. The van der Waals surface area contributed by atoms with Crippen LogP contribution in [0.2, 0.25) is 0 Å². The van der Waals surface area contributed by atoms with Gasteiger partial charge >= 0.3 is 11.2 Å². The van der Waals surface area contributed by atoms with Gasteiger partial charge in [-0.05, 0) is 12.1 Å². The van der Waals surface area contributed by atoms with E-state index in [-0.39, 0.29) is 0 Å². The number of thiol groups is 1. The first-order valence-electron chi connectivity index (χ1n) is 4.79. The monoisotopic (exact) mass is 213 g/mol. The highest BCUT2D eigenvalue weighted by Gasteiger charge is 2.14. The van der Waals surface area contributed by atoms with Crippen LogP contribution >= 0.6 is 12.6 Å². The smallest absolute Gasteiger partial charge is 0.207 e. The summed E-state index contributed by atoms with van der Waals surface area (Å²) >= 11 is 4.56. The van der Waals surface area contributed by atoms with Crippen molar-refractivity contribution in [2.75, 3.05) is 0 Å². The lowest BCUT2D eigenvalue weighted by atomic mass is 10.1. The highest BCUT2D eigenvalue weighted by molar-refractivity contribution is 7.80. The van der Waals surface area contributed by atoms with Gasteiger partial charge in [0.05, 0.1) is 10.8 Å². The number of hydrogen-bond acceptors (Lipinski definition) is 1. The van der Waals surface area contributed by atoms with Gasteiger partial charge in [-0.2, -0.15) is 0 Å². The van der Waals surface area contributed by atoms with Crippen molar-refractivity contribution >= 4 is 34.6 Å². The zero-order valence-corrected chi connectivity index (χ0v) is 8.87. The predicted octanol–water partition coefficient (Wildman–Crippen LogP) is 4.16. The van der Waals surface area contributed by atoms with Crippen molar-refractivity contribution < 1.29 is 4.42 Å². The molecule has 2 aromatic carbocycles. The van der Waals surface area contributed by atoms with E-state index in [1.165, 1.54) is 0 Å². The maximum atomic E-state index is 5.78. The molecule has 0 spiro atoms. The number of benzene rings is 2. The van der Waals surface area contributed by atoms with Crippen LogP contribution in [-0.4, -0.2) is 0 Å². The molecule has 1 aromatic heterocycles. The largest absolute Gasteiger partial charge is 0.361 e. The van der Waals surface area contributed by atoms with E-state index in [4.69, 9.17) is 4.42 Å². The van der Waals surface area contributed by atoms with Gasteiger partial charge in [-0.1, -0.05) is 24.3 Å². The van der Waals surface area contributed by atoms with Crippen molar-refractivity contribution in [3.8, 4) is 0 Å². The van der Waals surface area contributed by atoms with Crippen molar-refractivity contribution in [2.24, 2.45) is 0 Å². The molecule has 0 aliphatic rings. The SMILES string of the molecule is Sc1c2ccccc2[o+]c2ccccc12. The maximum absolute atomic E-state index is 5.78. The van der Waals surface area contributed by atoms with E-state index >= 15 is 0 Å². The molecule has 0 atom stereocenters. The molecular formula is C13H9OS+. The zero-order valence-electron chi connectivity index (χ0n) is 7.97. The summed E-state index contributed by atoms with van der Waals surface area (Å²) in [5, 5.41) is 2.11. The van der Waals surface area contributed by atoms with E-state index in [1.54, 1.807) is 0 Å². The number of fused-ring (bicyclic) bond motifs is 2. The minimum absolute atomic E-state index is 0.876. The second-order valence-corrected chi connectivity index (χ2v) is 3.89. The Morgan fingerprint density at radius 3 is 1.73 bits per heavy atom. The molecule has 0 radical (unpaired) electrons. The molecule has 0 fully saturated rings. The van der Waals surface area contributed by atoms with E-state index in [2.05, 4.69) is 12.6 Å². The molecule has 0 aliphatic heterocycles. The number of rotatable bonds is 0. The van der Waals surface area contributed by atoms with Crippen molar-refractivity contribution in [1.29, 1.82) is 0 Å². The predicted molar refractivity (Wildman–Crippen MR) is 65.4 cm³/mol. The maximum Gasteiger partial charge on any atom is 0.361 e. The molecule has 15 heavy (non-hydrogen) atoms. The van der Waals surface area contributed by atoms with Gasteiger partial charge in [0.25, 0.3) is 0 Å². The molecule has 0 amide bonds. The first kappa shape index (κ1) is 8.74. The average molecular weight is 213 g/mol. The van der Waals surface area contributed by atoms with Gasteiger partial charge in [0.1, 0.15) is 0 Å². The average Bonchev–Trinajstić information content (AvgIpc) is 2.30. The lowest BCUT2D eigenvalue weighted by Crippen LogP contribution is -1.79. The van der Waals surface area contributed by atoms with Crippen LogP contribution in [0, 0.1) is 0 Å². The standard InChI is InChI=1S/C13H8OS/c15-13-9-5-1-3-7-11(9)14-12-8-4-2-6-10(12)13/h1-8H/p+1. The topological polar surface area (TPSA) is 11.3 Å². The van der Waals surface area contributed by atoms with Gasteiger partial charge < -0.3 is 0 Å². The summed E-state index contributed by atoms with van der Waals surface area (Å²) in [4.78, 5) is 0.979. The fourth-order valence-corrected chi connectivity index (χ4v) is 2.14. The molecule has 0 saturated carbocycles. The molecule has 1 heterocycles. The van der Waals surface area contributed by atoms with Gasteiger partial charge in [0.15, 0.2) is 0 Å². The summed E-state index contributed by atoms with van der Waals surface area (Å²) < 4.78 is 5.78. The highest BCUT2D eigenvalue weighted by Crippen LogP contribution is 2.30. The van der Waals surface area contributed by atoms with E-state index in [1.807, 2.05) is 48.5 Å². The Kier molecular flexibility index (Phi) is 1.89. The van der Waals surface area contributed by atoms with Crippen molar-refractivity contribution in [2.45, 2.75) is 4.90 Å². The quantitative estimate of drug-likeness (QED) is 0.336. The fraction of sp³-hybridized carbons (Fsp3) is 0. The second-order valence-electron chi connectivity index (χ2n) is 3.44. The van der Waals surface area contributed by atoms with E-state index in [0.29, 0.717) is 0 Å². The van der Waals surface area contributed by atoms with Crippen LogP contribution in [-0.2, 0) is 0 Å². The van der Waals surface area contributed by atoms with Crippen molar-refractivity contribution in [1.82, 2.24) is 0 Å². The molecule has 72 valence electrons. The van der Waals surface area contributed by atoms with Crippen LogP contribution in [0.5, 0.6) is 0 Å². The Bertz CT molecular complexity index is 592. The molecule has 0 aliphatic carbocycles. The molecule has 3 aromatic rings. The van der Waals surface area contributed by atoms with Crippen LogP contribution < -0.4 is 0 Å². The Morgan fingerprint density at radius 2 is 1.20 bits per heavy atom. The minimum atomic E-state index is 0.876. The number of hydrogen-bond donors (Lipinski definition) is 1. The summed E-state index contributed by atoms with van der Waals surface area (Å²) in [7, 11) is 0. The lowest BCUT2D eigenvalue weighted by molar-refractivity contribution is 0.658. The van der Waals surface area contributed by atoms with Crippen LogP contribution in [0.3, 0.4) is 0 Å². The summed E-state index contributed by atoms with van der Waals surface area (Å²) in [6, 6.07) is 15.9. The minimum Gasteiger partial charge on any atom is -0.207 e. The number of para-hydroxylation sites is 2. The van der Waals surface area contributed by atoms with Crippen molar-refractivity contribution in [3.05, 3.63) is 48.5 Å².